The third-order valence-corrected chi connectivity index (χ3v) is 4.33. The number of morpholine rings is 1. The smallest absolute Gasteiger partial charge is 0.0971 e. The summed E-state index contributed by atoms with van der Waals surface area (Å²) >= 11 is 12.2. The van der Waals surface area contributed by atoms with Crippen LogP contribution in [0.4, 0.5) is 0 Å². The summed E-state index contributed by atoms with van der Waals surface area (Å²) in [5, 5.41) is 4.79. The number of hydrogen-bond donors (Lipinski definition) is 1. The summed E-state index contributed by atoms with van der Waals surface area (Å²) in [4.78, 5) is 0. The molecule has 0 aromatic heterocycles. The van der Waals surface area contributed by atoms with Crippen LogP contribution in [0.3, 0.4) is 0 Å². The number of rotatable bonds is 3. The molecular formula is C14H19Cl2NO. The molecule has 0 aliphatic carbocycles. The highest BCUT2D eigenvalue weighted by molar-refractivity contribution is 6.35. The van der Waals surface area contributed by atoms with Gasteiger partial charge in [0.1, 0.15) is 0 Å². The Morgan fingerprint density at radius 2 is 2.06 bits per heavy atom. The van der Waals surface area contributed by atoms with Crippen LogP contribution >= 0.6 is 23.2 Å². The second-order valence-corrected chi connectivity index (χ2v) is 5.64. The van der Waals surface area contributed by atoms with Crippen molar-refractivity contribution < 1.29 is 4.74 Å². The molecule has 0 spiro atoms. The zero-order valence-corrected chi connectivity index (χ0v) is 12.3. The fraction of sp³-hybridized carbons (Fsp3) is 0.571. The molecule has 18 heavy (non-hydrogen) atoms. The van der Waals surface area contributed by atoms with Gasteiger partial charge >= 0.3 is 0 Å². The van der Waals surface area contributed by atoms with E-state index in [1.165, 1.54) is 0 Å². The summed E-state index contributed by atoms with van der Waals surface area (Å²) in [6.45, 7) is 6.03. The second kappa shape index (κ2) is 5.79. The molecule has 1 unspecified atom stereocenters. The van der Waals surface area contributed by atoms with Gasteiger partial charge < -0.3 is 10.1 Å². The maximum Gasteiger partial charge on any atom is 0.0971 e. The molecule has 0 saturated carbocycles. The zero-order valence-electron chi connectivity index (χ0n) is 10.8. The Morgan fingerprint density at radius 3 is 2.67 bits per heavy atom. The van der Waals surface area contributed by atoms with Crippen molar-refractivity contribution in [3.8, 4) is 0 Å². The summed E-state index contributed by atoms with van der Waals surface area (Å²) in [5.74, 6) is 0. The van der Waals surface area contributed by atoms with Gasteiger partial charge in [-0.05, 0) is 25.0 Å². The first-order valence-electron chi connectivity index (χ1n) is 6.43. The third-order valence-electron chi connectivity index (χ3n) is 3.77. The van der Waals surface area contributed by atoms with E-state index < -0.39 is 0 Å². The summed E-state index contributed by atoms with van der Waals surface area (Å²) < 4.78 is 6.29. The molecule has 4 heteroatoms. The predicted molar refractivity (Wildman–Crippen MR) is 76.5 cm³/mol. The van der Waals surface area contributed by atoms with Gasteiger partial charge in [0.05, 0.1) is 11.7 Å². The van der Waals surface area contributed by atoms with E-state index in [1.807, 2.05) is 12.1 Å². The van der Waals surface area contributed by atoms with Crippen molar-refractivity contribution in [2.24, 2.45) is 0 Å². The summed E-state index contributed by atoms with van der Waals surface area (Å²) in [6.07, 6.45) is 2.00. The van der Waals surface area contributed by atoms with Gasteiger partial charge in [-0.3, -0.25) is 0 Å². The second-order valence-electron chi connectivity index (χ2n) is 4.79. The van der Waals surface area contributed by atoms with Crippen LogP contribution in [0.5, 0.6) is 0 Å². The monoisotopic (exact) mass is 287 g/mol. The van der Waals surface area contributed by atoms with Crippen molar-refractivity contribution in [3.63, 3.8) is 0 Å². The van der Waals surface area contributed by atoms with Gasteiger partial charge in [0.2, 0.25) is 0 Å². The number of ether oxygens (including phenoxy) is 1. The molecule has 1 atom stereocenters. The molecule has 1 saturated heterocycles. The van der Waals surface area contributed by atoms with Crippen molar-refractivity contribution in [1.29, 1.82) is 0 Å². The maximum atomic E-state index is 6.29. The van der Waals surface area contributed by atoms with Crippen LogP contribution in [0.15, 0.2) is 18.2 Å². The Morgan fingerprint density at radius 1 is 1.33 bits per heavy atom. The zero-order chi connectivity index (χ0) is 13.2. The molecule has 1 N–H and O–H groups in total. The van der Waals surface area contributed by atoms with Crippen LogP contribution in [-0.2, 0) is 4.74 Å². The van der Waals surface area contributed by atoms with Crippen molar-refractivity contribution in [1.82, 2.24) is 5.32 Å². The molecule has 1 aromatic carbocycles. The molecule has 0 bridgehead atoms. The highest BCUT2D eigenvalue weighted by Gasteiger charge is 2.35. The molecule has 1 heterocycles. The lowest BCUT2D eigenvalue weighted by atomic mass is 9.93. The van der Waals surface area contributed by atoms with Gasteiger partial charge in [-0.2, -0.15) is 0 Å². The average molecular weight is 288 g/mol. The number of nitrogens with one attached hydrogen (secondary N) is 1. The fourth-order valence-electron chi connectivity index (χ4n) is 2.42. The topological polar surface area (TPSA) is 21.3 Å². The molecule has 100 valence electrons. The van der Waals surface area contributed by atoms with Gasteiger partial charge in [0, 0.05) is 28.7 Å². The molecule has 1 aliphatic rings. The first kappa shape index (κ1) is 14.1. The largest absolute Gasteiger partial charge is 0.364 e. The van der Waals surface area contributed by atoms with Crippen LogP contribution in [0.25, 0.3) is 0 Å². The van der Waals surface area contributed by atoms with Crippen molar-refractivity contribution >= 4 is 23.2 Å². The Kier molecular flexibility index (Phi) is 4.54. The lowest BCUT2D eigenvalue weighted by molar-refractivity contribution is -0.122. The first-order chi connectivity index (χ1) is 8.60. The molecule has 1 fully saturated rings. The van der Waals surface area contributed by atoms with Crippen LogP contribution in [0.2, 0.25) is 10.0 Å². The van der Waals surface area contributed by atoms with Crippen molar-refractivity contribution in [2.75, 3.05) is 13.1 Å². The van der Waals surface area contributed by atoms with Gasteiger partial charge in [-0.25, -0.2) is 0 Å². The van der Waals surface area contributed by atoms with E-state index in [1.54, 1.807) is 6.07 Å². The standard InChI is InChI=1S/C14H19Cl2NO/c1-3-14(4-2)9-17-8-13(18-14)11-6-5-10(15)7-12(11)16/h5-7,13,17H,3-4,8-9H2,1-2H3. The summed E-state index contributed by atoms with van der Waals surface area (Å²) in [6, 6.07) is 5.59. The van der Waals surface area contributed by atoms with Gasteiger partial charge in [0.15, 0.2) is 0 Å². The van der Waals surface area contributed by atoms with E-state index in [2.05, 4.69) is 19.2 Å². The van der Waals surface area contributed by atoms with E-state index >= 15 is 0 Å². The Labute approximate surface area is 119 Å². The molecule has 2 nitrogen and oxygen atoms in total. The van der Waals surface area contributed by atoms with E-state index in [9.17, 15) is 0 Å². The van der Waals surface area contributed by atoms with Gasteiger partial charge in [-0.15, -0.1) is 0 Å². The molecule has 1 aliphatic heterocycles. The predicted octanol–water partition coefficient (Wildman–Crippen LogP) is 4.21. The lowest BCUT2D eigenvalue weighted by Crippen LogP contribution is -2.50. The number of hydrogen-bond acceptors (Lipinski definition) is 2. The van der Waals surface area contributed by atoms with Crippen LogP contribution < -0.4 is 5.32 Å². The molecule has 0 amide bonds. The van der Waals surface area contributed by atoms with E-state index in [4.69, 9.17) is 27.9 Å². The molecular weight excluding hydrogens is 269 g/mol. The van der Waals surface area contributed by atoms with E-state index in [0.717, 1.165) is 31.5 Å². The SMILES string of the molecule is CCC1(CC)CNCC(c2ccc(Cl)cc2Cl)O1. The first-order valence-corrected chi connectivity index (χ1v) is 7.19. The van der Waals surface area contributed by atoms with E-state index in [-0.39, 0.29) is 11.7 Å². The van der Waals surface area contributed by atoms with Crippen LogP contribution in [-0.4, -0.2) is 18.7 Å². The normalized spacial score (nSPS) is 23.0. The Bertz CT molecular complexity index is 418. The molecule has 1 aromatic rings. The quantitative estimate of drug-likeness (QED) is 0.899. The fourth-order valence-corrected chi connectivity index (χ4v) is 2.95. The Hall–Kier alpha value is -0.280. The lowest BCUT2D eigenvalue weighted by Gasteiger charge is -2.41. The molecule has 0 radical (unpaired) electrons. The molecule has 2 rings (SSSR count). The highest BCUT2D eigenvalue weighted by Crippen LogP contribution is 2.35. The minimum absolute atomic E-state index is 0.00316. The van der Waals surface area contributed by atoms with Gasteiger partial charge in [0.25, 0.3) is 0 Å². The third kappa shape index (κ3) is 2.83. The van der Waals surface area contributed by atoms with Crippen molar-refractivity contribution in [3.05, 3.63) is 33.8 Å². The summed E-state index contributed by atoms with van der Waals surface area (Å²) in [5.41, 5.74) is 0.936. The minimum Gasteiger partial charge on any atom is -0.364 e. The maximum absolute atomic E-state index is 6.29. The Balaban J connectivity index is 2.23. The average Bonchev–Trinajstić information content (AvgIpc) is 2.38. The van der Waals surface area contributed by atoms with Crippen LogP contribution in [0.1, 0.15) is 38.4 Å². The number of benzene rings is 1. The minimum atomic E-state index is -0.0775. The summed E-state index contributed by atoms with van der Waals surface area (Å²) in [7, 11) is 0. The van der Waals surface area contributed by atoms with Crippen LogP contribution in [0, 0.1) is 0 Å². The van der Waals surface area contributed by atoms with Gasteiger partial charge in [-0.1, -0.05) is 43.1 Å². The number of halogens is 2. The van der Waals surface area contributed by atoms with E-state index in [0.29, 0.717) is 10.0 Å². The highest BCUT2D eigenvalue weighted by atomic mass is 35.5. The van der Waals surface area contributed by atoms with Crippen molar-refractivity contribution in [2.45, 2.75) is 38.4 Å².